The van der Waals surface area contributed by atoms with Gasteiger partial charge in [0.1, 0.15) is 0 Å². The maximum atomic E-state index is 4.14. The van der Waals surface area contributed by atoms with Crippen LogP contribution in [0.1, 0.15) is 39.5 Å². The van der Waals surface area contributed by atoms with E-state index in [9.17, 15) is 0 Å². The normalized spacial score (nSPS) is 10.1. The first-order valence-corrected chi connectivity index (χ1v) is 6.12. The maximum Gasteiger partial charge on any atom is 0.382 e. The first kappa shape index (κ1) is 12.7. The highest BCUT2D eigenvalue weighted by Gasteiger charge is 2.06. The molecule has 0 aliphatic heterocycles. The van der Waals surface area contributed by atoms with Gasteiger partial charge in [-0.15, -0.1) is 0 Å². The smallest absolute Gasteiger partial charge is 0.230 e. The minimum Gasteiger partial charge on any atom is -0.230 e. The molecule has 0 aliphatic carbocycles. The lowest BCUT2D eigenvalue weighted by Crippen LogP contribution is -2.57. The lowest BCUT2D eigenvalue weighted by molar-refractivity contribution is -0.789. The largest absolute Gasteiger partial charge is 0.382 e. The molecule has 0 saturated carbocycles. The van der Waals surface area contributed by atoms with Crippen molar-refractivity contribution in [3.05, 3.63) is 19.0 Å². The van der Waals surface area contributed by atoms with Crippen LogP contribution in [0.2, 0.25) is 0 Å². The first-order chi connectivity index (χ1) is 7.86. The predicted molar refractivity (Wildman–Crippen MR) is 62.9 cm³/mol. The number of unbranched alkanes of at least 4 members (excludes halogenated alkanes) is 2. The minimum atomic E-state index is 0.974. The SMILES string of the molecule is CCCCN[n+]1cnc[n+](NCCCC)c1. The topological polar surface area (TPSA) is 44.7 Å². The van der Waals surface area contributed by atoms with E-state index in [2.05, 4.69) is 29.7 Å². The number of nitrogens with one attached hydrogen (secondary N) is 2. The van der Waals surface area contributed by atoms with Crippen LogP contribution in [0.5, 0.6) is 0 Å². The Kier molecular flexibility index (Phi) is 6.22. The molecule has 0 bridgehead atoms. The molecule has 2 N–H and O–H groups in total. The second-order valence-electron chi connectivity index (χ2n) is 3.83. The summed E-state index contributed by atoms with van der Waals surface area (Å²) in [6.07, 6.45) is 10.2. The van der Waals surface area contributed by atoms with Crippen molar-refractivity contribution in [3.63, 3.8) is 0 Å². The van der Waals surface area contributed by atoms with Crippen LogP contribution in [-0.4, -0.2) is 18.1 Å². The average Bonchev–Trinajstić information content (AvgIpc) is 2.30. The fraction of sp³-hybridized carbons (Fsp3) is 0.727. The third-order valence-electron chi connectivity index (χ3n) is 2.28. The molecule has 0 aromatic carbocycles. The molecule has 16 heavy (non-hydrogen) atoms. The van der Waals surface area contributed by atoms with Crippen LogP contribution >= 0.6 is 0 Å². The van der Waals surface area contributed by atoms with E-state index in [0.717, 1.165) is 13.1 Å². The molecule has 5 heteroatoms. The zero-order valence-electron chi connectivity index (χ0n) is 10.3. The van der Waals surface area contributed by atoms with Gasteiger partial charge in [-0.2, -0.15) is 0 Å². The second kappa shape index (κ2) is 7.84. The Labute approximate surface area is 97.5 Å². The predicted octanol–water partition coefficient (Wildman–Crippen LogP) is 0.344. The fourth-order valence-corrected chi connectivity index (χ4v) is 1.30. The standard InChI is InChI=1S/C11H23N5/c1-3-5-7-13-15-9-12-10-16(11-15)14-8-6-4-2/h9-11,13-14H,3-8H2,1-2H3/q+2. The summed E-state index contributed by atoms with van der Waals surface area (Å²) in [6, 6.07) is 0. The third-order valence-corrected chi connectivity index (χ3v) is 2.28. The van der Waals surface area contributed by atoms with Crippen molar-refractivity contribution < 1.29 is 9.35 Å². The summed E-state index contributed by atoms with van der Waals surface area (Å²) in [4.78, 5) is 4.14. The Balaban J connectivity index is 2.37. The quantitative estimate of drug-likeness (QED) is 0.495. The number of aromatic nitrogens is 3. The Morgan fingerprint density at radius 1 is 0.938 bits per heavy atom. The summed E-state index contributed by atoms with van der Waals surface area (Å²) >= 11 is 0. The highest BCUT2D eigenvalue weighted by molar-refractivity contribution is 4.50. The van der Waals surface area contributed by atoms with Gasteiger partial charge in [0.2, 0.25) is 0 Å². The molecule has 1 aromatic heterocycles. The van der Waals surface area contributed by atoms with Crippen LogP contribution in [0.25, 0.3) is 0 Å². The first-order valence-electron chi connectivity index (χ1n) is 6.12. The minimum absolute atomic E-state index is 0.974. The number of hydrogen-bond acceptors (Lipinski definition) is 3. The number of hydrogen-bond donors (Lipinski definition) is 2. The zero-order chi connectivity index (χ0) is 11.6. The van der Waals surface area contributed by atoms with E-state index in [4.69, 9.17) is 0 Å². The molecule has 0 aliphatic rings. The monoisotopic (exact) mass is 225 g/mol. The fourth-order valence-electron chi connectivity index (χ4n) is 1.30. The molecule has 0 atom stereocenters. The van der Waals surface area contributed by atoms with E-state index in [-0.39, 0.29) is 0 Å². The van der Waals surface area contributed by atoms with Gasteiger partial charge in [-0.1, -0.05) is 36.0 Å². The van der Waals surface area contributed by atoms with Crippen LogP contribution in [0.15, 0.2) is 19.0 Å². The summed E-state index contributed by atoms with van der Waals surface area (Å²) in [6.45, 7) is 6.31. The van der Waals surface area contributed by atoms with Crippen molar-refractivity contribution in [2.75, 3.05) is 23.9 Å². The second-order valence-corrected chi connectivity index (χ2v) is 3.83. The molecule has 1 aromatic rings. The molecule has 1 heterocycles. The highest BCUT2D eigenvalue weighted by Crippen LogP contribution is 1.81. The van der Waals surface area contributed by atoms with Crippen molar-refractivity contribution in [2.24, 2.45) is 0 Å². The van der Waals surface area contributed by atoms with Gasteiger partial charge in [-0.05, 0) is 12.8 Å². The summed E-state index contributed by atoms with van der Waals surface area (Å²) in [5.41, 5.74) is 6.54. The van der Waals surface area contributed by atoms with Crippen molar-refractivity contribution in [1.82, 2.24) is 4.98 Å². The van der Waals surface area contributed by atoms with E-state index >= 15 is 0 Å². The Hall–Kier alpha value is -1.39. The van der Waals surface area contributed by atoms with Gasteiger partial charge in [0.25, 0.3) is 0 Å². The average molecular weight is 225 g/mol. The van der Waals surface area contributed by atoms with Crippen molar-refractivity contribution in [3.8, 4) is 0 Å². The van der Waals surface area contributed by atoms with Crippen molar-refractivity contribution in [1.29, 1.82) is 0 Å². The van der Waals surface area contributed by atoms with Crippen molar-refractivity contribution >= 4 is 0 Å². The summed E-state index contributed by atoms with van der Waals surface area (Å²) in [5, 5.41) is 0. The van der Waals surface area contributed by atoms with Gasteiger partial charge in [-0.25, -0.2) is 10.9 Å². The van der Waals surface area contributed by atoms with E-state index in [1.54, 1.807) is 12.7 Å². The van der Waals surface area contributed by atoms with Crippen LogP contribution in [0.3, 0.4) is 0 Å². The Bertz CT molecular complexity index is 264. The molecule has 5 nitrogen and oxygen atoms in total. The molecule has 0 spiro atoms. The molecule has 1 rings (SSSR count). The van der Waals surface area contributed by atoms with Gasteiger partial charge in [-0.3, -0.25) is 0 Å². The van der Waals surface area contributed by atoms with Gasteiger partial charge in [0.05, 0.1) is 18.1 Å². The molecule has 0 unspecified atom stereocenters. The zero-order valence-corrected chi connectivity index (χ0v) is 10.3. The van der Waals surface area contributed by atoms with E-state index in [1.807, 2.05) is 15.7 Å². The van der Waals surface area contributed by atoms with Crippen LogP contribution in [-0.2, 0) is 0 Å². The molecular formula is C11H23N5+2. The molecule has 0 radical (unpaired) electrons. The van der Waals surface area contributed by atoms with Gasteiger partial charge in [0.15, 0.2) is 0 Å². The molecule has 0 saturated heterocycles. The molecule has 0 fully saturated rings. The maximum absolute atomic E-state index is 4.14. The molecule has 0 amide bonds. The number of nitrogens with zero attached hydrogens (tertiary/aromatic N) is 3. The van der Waals surface area contributed by atoms with E-state index in [1.165, 1.54) is 25.7 Å². The van der Waals surface area contributed by atoms with E-state index in [0.29, 0.717) is 0 Å². The Morgan fingerprint density at radius 2 is 1.44 bits per heavy atom. The van der Waals surface area contributed by atoms with Crippen LogP contribution < -0.4 is 20.2 Å². The Morgan fingerprint density at radius 3 is 1.88 bits per heavy atom. The molecule has 90 valence electrons. The third kappa shape index (κ3) is 4.91. The van der Waals surface area contributed by atoms with Gasteiger partial charge in [0, 0.05) is 0 Å². The lowest BCUT2D eigenvalue weighted by atomic mass is 10.3. The van der Waals surface area contributed by atoms with Crippen molar-refractivity contribution in [2.45, 2.75) is 39.5 Å². The lowest BCUT2D eigenvalue weighted by Gasteiger charge is -2.00. The van der Waals surface area contributed by atoms with Crippen LogP contribution in [0.4, 0.5) is 0 Å². The number of rotatable bonds is 8. The summed E-state index contributed by atoms with van der Waals surface area (Å²) in [5.74, 6) is 0. The summed E-state index contributed by atoms with van der Waals surface area (Å²) < 4.78 is 3.77. The molecular weight excluding hydrogens is 202 g/mol. The van der Waals surface area contributed by atoms with Crippen LogP contribution in [0, 0.1) is 0 Å². The van der Waals surface area contributed by atoms with E-state index < -0.39 is 0 Å². The summed E-state index contributed by atoms with van der Waals surface area (Å²) in [7, 11) is 0. The highest BCUT2D eigenvalue weighted by atomic mass is 15.5. The van der Waals surface area contributed by atoms with Gasteiger partial charge < -0.3 is 0 Å². The van der Waals surface area contributed by atoms with Gasteiger partial charge >= 0.3 is 19.0 Å².